The van der Waals surface area contributed by atoms with Crippen LogP contribution in [0.2, 0.25) is 0 Å². The van der Waals surface area contributed by atoms with Gasteiger partial charge in [0.2, 0.25) is 5.88 Å². The van der Waals surface area contributed by atoms with Gasteiger partial charge in [0, 0.05) is 30.5 Å². The highest BCUT2D eigenvalue weighted by Crippen LogP contribution is 2.41. The van der Waals surface area contributed by atoms with Gasteiger partial charge in [-0.1, -0.05) is 0 Å². The maximum absolute atomic E-state index is 6.02. The first-order chi connectivity index (χ1) is 14.4. The Bertz CT molecular complexity index is 1010. The van der Waals surface area contributed by atoms with Gasteiger partial charge in [-0.15, -0.1) is 0 Å². The third-order valence-electron chi connectivity index (χ3n) is 5.03. The van der Waals surface area contributed by atoms with Gasteiger partial charge in [0.05, 0.1) is 13.7 Å². The van der Waals surface area contributed by atoms with E-state index >= 15 is 0 Å². The molecule has 4 rings (SSSR count). The van der Waals surface area contributed by atoms with Crippen molar-refractivity contribution < 1.29 is 9.47 Å². The van der Waals surface area contributed by atoms with Crippen LogP contribution in [0.25, 0.3) is 11.2 Å². The monoisotopic (exact) mass is 430 g/mol. The molecule has 3 aromatic heterocycles. The molecular formula is C21H30N6O2S. The number of ether oxygens (including phenoxy) is 2. The van der Waals surface area contributed by atoms with Crippen LogP contribution in [0, 0.1) is 0 Å². The van der Waals surface area contributed by atoms with Crippen molar-refractivity contribution in [2.24, 2.45) is 0 Å². The van der Waals surface area contributed by atoms with Crippen LogP contribution < -0.4 is 10.1 Å². The Morgan fingerprint density at radius 3 is 2.77 bits per heavy atom. The standard InChI is InChI=1S/C21H30N6O2S/c1-28-17-11-15(7-8-22-17)12-23-19-18-21(25-13-24-19)27(20(26-18)16-5-6-16)14-29-9-10-30(2,3)4/h7-8,11,13,16H,5-6,9-10,12,14H2,1-4H3,(H,23,24,25). The highest BCUT2D eigenvalue weighted by atomic mass is 32.3. The van der Waals surface area contributed by atoms with Crippen molar-refractivity contribution in [3.63, 3.8) is 0 Å². The van der Waals surface area contributed by atoms with E-state index in [1.165, 1.54) is 12.8 Å². The molecule has 8 nitrogen and oxygen atoms in total. The van der Waals surface area contributed by atoms with Gasteiger partial charge < -0.3 is 14.8 Å². The summed E-state index contributed by atoms with van der Waals surface area (Å²) in [5, 5.41) is 3.39. The molecule has 1 saturated carbocycles. The van der Waals surface area contributed by atoms with E-state index in [2.05, 4.69) is 43.6 Å². The first kappa shape index (κ1) is 20.9. The molecule has 0 bridgehead atoms. The van der Waals surface area contributed by atoms with Crippen LogP contribution in [0.5, 0.6) is 5.88 Å². The summed E-state index contributed by atoms with van der Waals surface area (Å²) in [4.78, 5) is 18.0. The fraction of sp³-hybridized carbons (Fsp3) is 0.524. The summed E-state index contributed by atoms with van der Waals surface area (Å²) in [6, 6.07) is 3.86. The Hall–Kier alpha value is -2.39. The Morgan fingerprint density at radius 1 is 1.20 bits per heavy atom. The van der Waals surface area contributed by atoms with Gasteiger partial charge >= 0.3 is 0 Å². The molecule has 0 saturated heterocycles. The first-order valence-corrected chi connectivity index (χ1v) is 13.1. The summed E-state index contributed by atoms with van der Waals surface area (Å²) >= 11 is 0. The molecule has 0 unspecified atom stereocenters. The molecule has 0 atom stereocenters. The minimum atomic E-state index is -0.566. The van der Waals surface area contributed by atoms with Crippen LogP contribution in [0.4, 0.5) is 5.82 Å². The Kier molecular flexibility index (Phi) is 6.10. The van der Waals surface area contributed by atoms with Crippen LogP contribution in [-0.2, 0) is 18.0 Å². The van der Waals surface area contributed by atoms with E-state index in [1.807, 2.05) is 12.1 Å². The van der Waals surface area contributed by atoms with E-state index in [0.717, 1.165) is 40.7 Å². The van der Waals surface area contributed by atoms with Gasteiger partial charge in [-0.25, -0.2) is 30.0 Å². The van der Waals surface area contributed by atoms with Crippen molar-refractivity contribution in [3.05, 3.63) is 36.0 Å². The molecule has 3 aromatic rings. The maximum Gasteiger partial charge on any atom is 0.213 e. The van der Waals surface area contributed by atoms with Gasteiger partial charge in [0.15, 0.2) is 17.0 Å². The summed E-state index contributed by atoms with van der Waals surface area (Å²) in [7, 11) is 1.05. The average molecular weight is 431 g/mol. The van der Waals surface area contributed by atoms with E-state index in [1.54, 1.807) is 19.6 Å². The molecule has 0 amide bonds. The minimum absolute atomic E-state index is 0.482. The lowest BCUT2D eigenvalue weighted by molar-refractivity contribution is 0.0899. The first-order valence-electron chi connectivity index (χ1n) is 10.1. The number of nitrogens with one attached hydrogen (secondary N) is 1. The van der Waals surface area contributed by atoms with Crippen molar-refractivity contribution in [2.75, 3.05) is 43.6 Å². The van der Waals surface area contributed by atoms with Gasteiger partial charge in [-0.2, -0.15) is 0 Å². The number of aromatic nitrogens is 5. The van der Waals surface area contributed by atoms with Crippen LogP contribution in [0.15, 0.2) is 24.7 Å². The normalized spacial score (nSPS) is 14.8. The topological polar surface area (TPSA) is 87.0 Å². The zero-order valence-electron chi connectivity index (χ0n) is 18.1. The van der Waals surface area contributed by atoms with Gasteiger partial charge in [-0.05, 0) is 43.2 Å². The van der Waals surface area contributed by atoms with E-state index in [-0.39, 0.29) is 0 Å². The summed E-state index contributed by atoms with van der Waals surface area (Å²) in [5.74, 6) is 3.97. The Morgan fingerprint density at radius 2 is 2.03 bits per heavy atom. The zero-order valence-corrected chi connectivity index (χ0v) is 18.9. The number of imidazole rings is 1. The van der Waals surface area contributed by atoms with Crippen molar-refractivity contribution >= 4 is 27.0 Å². The third kappa shape index (κ3) is 5.02. The maximum atomic E-state index is 6.02. The molecular weight excluding hydrogens is 400 g/mol. The Balaban J connectivity index is 1.53. The lowest BCUT2D eigenvalue weighted by Crippen LogP contribution is -2.12. The smallest absolute Gasteiger partial charge is 0.213 e. The summed E-state index contributed by atoms with van der Waals surface area (Å²) in [5.41, 5.74) is 2.68. The molecule has 1 aliphatic rings. The van der Waals surface area contributed by atoms with Crippen molar-refractivity contribution in [1.29, 1.82) is 0 Å². The van der Waals surface area contributed by atoms with Crippen molar-refractivity contribution in [1.82, 2.24) is 24.5 Å². The highest BCUT2D eigenvalue weighted by Gasteiger charge is 2.30. The van der Waals surface area contributed by atoms with Crippen LogP contribution >= 0.6 is 10.0 Å². The van der Waals surface area contributed by atoms with Crippen molar-refractivity contribution in [2.45, 2.75) is 32.0 Å². The van der Waals surface area contributed by atoms with E-state index in [0.29, 0.717) is 25.1 Å². The average Bonchev–Trinajstić information content (AvgIpc) is 3.50. The van der Waals surface area contributed by atoms with E-state index in [9.17, 15) is 0 Å². The van der Waals surface area contributed by atoms with Crippen LogP contribution in [0.3, 0.4) is 0 Å². The summed E-state index contributed by atoms with van der Waals surface area (Å²) in [6.45, 7) is 1.83. The lowest BCUT2D eigenvalue weighted by atomic mass is 10.2. The van der Waals surface area contributed by atoms with E-state index < -0.39 is 10.0 Å². The molecule has 1 aliphatic carbocycles. The number of hydrogen-bond acceptors (Lipinski definition) is 7. The molecule has 30 heavy (non-hydrogen) atoms. The molecule has 162 valence electrons. The molecule has 9 heteroatoms. The molecule has 3 heterocycles. The number of pyridine rings is 1. The molecule has 1 fully saturated rings. The summed E-state index contributed by atoms with van der Waals surface area (Å²) < 4.78 is 13.3. The molecule has 0 aliphatic heterocycles. The predicted molar refractivity (Wildman–Crippen MR) is 122 cm³/mol. The zero-order chi connectivity index (χ0) is 21.1. The summed E-state index contributed by atoms with van der Waals surface area (Å²) in [6.07, 6.45) is 12.6. The number of methoxy groups -OCH3 is 1. The number of rotatable bonds is 10. The number of nitrogens with zero attached hydrogens (tertiary/aromatic N) is 5. The largest absolute Gasteiger partial charge is 0.481 e. The predicted octanol–water partition coefficient (Wildman–Crippen LogP) is 3.39. The second kappa shape index (κ2) is 8.77. The third-order valence-corrected chi connectivity index (χ3v) is 6.42. The molecule has 0 spiro atoms. The Labute approximate surface area is 178 Å². The lowest BCUT2D eigenvalue weighted by Gasteiger charge is -2.24. The SMILES string of the molecule is COc1cc(CNc2ncnc3c2nc(C2CC2)n3COCCS(C)(C)C)ccn1. The highest BCUT2D eigenvalue weighted by molar-refractivity contribution is 8.32. The van der Waals surface area contributed by atoms with Crippen LogP contribution in [-0.4, -0.2) is 62.7 Å². The number of fused-ring (bicyclic) bond motifs is 1. The molecule has 0 aromatic carbocycles. The number of anilines is 1. The van der Waals surface area contributed by atoms with Gasteiger partial charge in [0.1, 0.15) is 18.9 Å². The minimum Gasteiger partial charge on any atom is -0.481 e. The second-order valence-corrected chi connectivity index (χ2v) is 13.0. The fourth-order valence-electron chi connectivity index (χ4n) is 3.19. The molecule has 0 radical (unpaired) electrons. The number of hydrogen-bond donors (Lipinski definition) is 1. The quantitative estimate of drug-likeness (QED) is 0.493. The van der Waals surface area contributed by atoms with Crippen molar-refractivity contribution in [3.8, 4) is 5.88 Å². The van der Waals surface area contributed by atoms with Gasteiger partial charge in [-0.3, -0.25) is 4.57 Å². The fourth-order valence-corrected chi connectivity index (χ4v) is 3.80. The van der Waals surface area contributed by atoms with Gasteiger partial charge in [0.25, 0.3) is 0 Å². The molecule has 1 N–H and O–H groups in total. The van der Waals surface area contributed by atoms with E-state index in [4.69, 9.17) is 14.5 Å². The van der Waals surface area contributed by atoms with Crippen LogP contribution in [0.1, 0.15) is 30.1 Å². The second-order valence-electron chi connectivity index (χ2n) is 8.46.